The Morgan fingerprint density at radius 1 is 1.23 bits per heavy atom. The van der Waals surface area contributed by atoms with Gasteiger partial charge in [-0.15, -0.1) is 10.2 Å². The fraction of sp³-hybridized carbons (Fsp3) is 0.316. The van der Waals surface area contributed by atoms with Gasteiger partial charge in [-0.3, -0.25) is 9.78 Å². The monoisotopic (exact) mass is 350 g/mol. The van der Waals surface area contributed by atoms with Gasteiger partial charge in [-0.2, -0.15) is 0 Å². The van der Waals surface area contributed by atoms with Crippen LogP contribution in [-0.2, 0) is 9.53 Å². The Kier molecular flexibility index (Phi) is 4.20. The highest BCUT2D eigenvalue weighted by Gasteiger charge is 2.46. The molecule has 4 rings (SSSR count). The molecule has 7 nitrogen and oxygen atoms in total. The number of ether oxygens (including phenoxy) is 1. The molecule has 0 amide bonds. The van der Waals surface area contributed by atoms with Crippen molar-refractivity contribution in [2.75, 3.05) is 6.61 Å². The van der Waals surface area contributed by atoms with Crippen molar-refractivity contribution in [1.29, 1.82) is 0 Å². The van der Waals surface area contributed by atoms with Crippen molar-refractivity contribution < 1.29 is 13.9 Å². The summed E-state index contributed by atoms with van der Waals surface area (Å²) in [4.78, 5) is 20.9. The number of aryl methyl sites for hydroxylation is 1. The van der Waals surface area contributed by atoms with Crippen LogP contribution >= 0.6 is 0 Å². The number of aromatic nitrogens is 4. The Morgan fingerprint density at radius 2 is 2.00 bits per heavy atom. The molecule has 0 bridgehead atoms. The van der Waals surface area contributed by atoms with E-state index in [4.69, 9.17) is 9.15 Å². The Morgan fingerprint density at radius 3 is 2.77 bits per heavy atom. The first kappa shape index (κ1) is 16.4. The highest BCUT2D eigenvalue weighted by Crippen LogP contribution is 2.47. The molecule has 0 spiro atoms. The molecule has 1 aliphatic rings. The maximum Gasteiger partial charge on any atom is 0.309 e. The topological polar surface area (TPSA) is 91.0 Å². The van der Waals surface area contributed by atoms with Gasteiger partial charge < -0.3 is 9.15 Å². The van der Waals surface area contributed by atoms with Crippen molar-refractivity contribution in [3.63, 3.8) is 0 Å². The van der Waals surface area contributed by atoms with E-state index < -0.39 is 0 Å². The quantitative estimate of drug-likeness (QED) is 0.653. The summed E-state index contributed by atoms with van der Waals surface area (Å²) in [5.41, 5.74) is 2.85. The zero-order valence-corrected chi connectivity index (χ0v) is 14.5. The summed E-state index contributed by atoms with van der Waals surface area (Å²) in [6, 6.07) is 9.55. The molecule has 2 unspecified atom stereocenters. The van der Waals surface area contributed by atoms with E-state index in [0.717, 1.165) is 17.7 Å². The van der Waals surface area contributed by atoms with Crippen molar-refractivity contribution in [3.05, 3.63) is 47.9 Å². The Hall–Kier alpha value is -3.09. The van der Waals surface area contributed by atoms with Crippen LogP contribution in [0.1, 0.15) is 30.7 Å². The number of rotatable bonds is 5. The van der Waals surface area contributed by atoms with Gasteiger partial charge in [0.25, 0.3) is 5.89 Å². The number of benzene rings is 1. The average molecular weight is 350 g/mol. The largest absolute Gasteiger partial charge is 0.466 e. The van der Waals surface area contributed by atoms with Crippen molar-refractivity contribution in [1.82, 2.24) is 20.2 Å². The summed E-state index contributed by atoms with van der Waals surface area (Å²) in [5.74, 6) is 0.484. The van der Waals surface area contributed by atoms with E-state index in [-0.39, 0.29) is 17.8 Å². The first-order valence-corrected chi connectivity index (χ1v) is 8.57. The van der Waals surface area contributed by atoms with Gasteiger partial charge in [-0.1, -0.05) is 18.2 Å². The normalized spacial score (nSPS) is 18.5. The van der Waals surface area contributed by atoms with Crippen molar-refractivity contribution in [2.45, 2.75) is 26.2 Å². The Labute approximate surface area is 150 Å². The zero-order valence-electron chi connectivity index (χ0n) is 14.5. The third kappa shape index (κ3) is 3.08. The highest BCUT2D eigenvalue weighted by atomic mass is 16.5. The molecule has 1 fully saturated rings. The van der Waals surface area contributed by atoms with Crippen LogP contribution in [0.3, 0.4) is 0 Å². The minimum atomic E-state index is -0.175. The maximum atomic E-state index is 11.9. The van der Waals surface area contributed by atoms with E-state index in [1.54, 1.807) is 13.1 Å². The van der Waals surface area contributed by atoms with Crippen LogP contribution in [0.2, 0.25) is 0 Å². The smallest absolute Gasteiger partial charge is 0.309 e. The first-order valence-electron chi connectivity index (χ1n) is 8.57. The van der Waals surface area contributed by atoms with Crippen molar-refractivity contribution in [2.24, 2.45) is 5.92 Å². The van der Waals surface area contributed by atoms with Gasteiger partial charge in [-0.25, -0.2) is 4.98 Å². The lowest BCUT2D eigenvalue weighted by Crippen LogP contribution is -2.08. The number of carbonyl (C=O) groups excluding carboxylic acids is 1. The predicted octanol–water partition coefficient (Wildman–Crippen LogP) is 3.17. The fourth-order valence-electron chi connectivity index (χ4n) is 2.89. The van der Waals surface area contributed by atoms with Crippen LogP contribution in [0.4, 0.5) is 0 Å². The average Bonchev–Trinajstić information content (AvgIpc) is 3.32. The molecule has 7 heteroatoms. The third-order valence-corrected chi connectivity index (χ3v) is 4.38. The van der Waals surface area contributed by atoms with Crippen LogP contribution < -0.4 is 0 Å². The summed E-state index contributed by atoms with van der Waals surface area (Å²) in [6.45, 7) is 4.03. The SMILES string of the molecule is CCOC(=O)C1CC1c1cnc(C)c(-c2nnc(-c3ccccc3)o2)n1. The third-order valence-electron chi connectivity index (χ3n) is 4.38. The van der Waals surface area contributed by atoms with Gasteiger partial charge in [0.2, 0.25) is 5.89 Å². The molecule has 2 heterocycles. The van der Waals surface area contributed by atoms with Gasteiger partial charge in [-0.05, 0) is 32.4 Å². The van der Waals surface area contributed by atoms with Crippen LogP contribution in [0.15, 0.2) is 40.9 Å². The molecule has 132 valence electrons. The van der Waals surface area contributed by atoms with E-state index >= 15 is 0 Å². The van der Waals surface area contributed by atoms with Crippen molar-refractivity contribution >= 4 is 5.97 Å². The molecule has 1 aliphatic carbocycles. The molecule has 2 atom stereocenters. The molecule has 2 aromatic heterocycles. The van der Waals surface area contributed by atoms with Crippen LogP contribution in [0.25, 0.3) is 23.0 Å². The standard InChI is InChI=1S/C19H18N4O3/c1-3-25-19(24)14-9-13(14)15-10-20-11(2)16(21-15)18-23-22-17(26-18)12-7-5-4-6-8-12/h4-8,10,13-14H,3,9H2,1-2H3. The van der Waals surface area contributed by atoms with E-state index in [9.17, 15) is 4.79 Å². The molecule has 0 radical (unpaired) electrons. The van der Waals surface area contributed by atoms with Crippen LogP contribution in [-0.4, -0.2) is 32.7 Å². The molecule has 3 aromatic rings. The van der Waals surface area contributed by atoms with Crippen molar-refractivity contribution in [3.8, 4) is 23.0 Å². The first-order chi connectivity index (χ1) is 12.7. The summed E-state index contributed by atoms with van der Waals surface area (Å²) in [5, 5.41) is 8.22. The number of hydrogen-bond acceptors (Lipinski definition) is 7. The van der Waals surface area contributed by atoms with E-state index in [0.29, 0.717) is 29.8 Å². The van der Waals surface area contributed by atoms with Gasteiger partial charge in [0.1, 0.15) is 5.69 Å². The lowest BCUT2D eigenvalue weighted by atomic mass is 10.2. The second-order valence-corrected chi connectivity index (χ2v) is 6.21. The molecular weight excluding hydrogens is 332 g/mol. The van der Waals surface area contributed by atoms with Crippen LogP contribution in [0.5, 0.6) is 0 Å². The molecule has 0 aliphatic heterocycles. The molecule has 1 saturated carbocycles. The fourth-order valence-corrected chi connectivity index (χ4v) is 2.89. The molecular formula is C19H18N4O3. The zero-order chi connectivity index (χ0) is 18.1. The second-order valence-electron chi connectivity index (χ2n) is 6.21. The number of hydrogen-bond donors (Lipinski definition) is 0. The van der Waals surface area contributed by atoms with E-state index in [2.05, 4.69) is 20.2 Å². The number of nitrogens with zero attached hydrogens (tertiary/aromatic N) is 4. The molecule has 0 saturated heterocycles. The highest BCUT2D eigenvalue weighted by molar-refractivity contribution is 5.77. The summed E-state index contributed by atoms with van der Waals surface area (Å²) in [7, 11) is 0. The predicted molar refractivity (Wildman–Crippen MR) is 93.0 cm³/mol. The van der Waals surface area contributed by atoms with Crippen LogP contribution in [0, 0.1) is 12.8 Å². The van der Waals surface area contributed by atoms with E-state index in [1.165, 1.54) is 0 Å². The summed E-state index contributed by atoms with van der Waals surface area (Å²) in [6.07, 6.45) is 2.44. The minimum Gasteiger partial charge on any atom is -0.466 e. The van der Waals surface area contributed by atoms with Gasteiger partial charge in [0.15, 0.2) is 0 Å². The Bertz CT molecular complexity index is 939. The lowest BCUT2D eigenvalue weighted by molar-refractivity contribution is -0.144. The van der Waals surface area contributed by atoms with Gasteiger partial charge in [0, 0.05) is 17.7 Å². The number of carbonyl (C=O) groups is 1. The van der Waals surface area contributed by atoms with E-state index in [1.807, 2.05) is 37.3 Å². The maximum absolute atomic E-state index is 11.9. The summed E-state index contributed by atoms with van der Waals surface area (Å²) < 4.78 is 10.9. The molecule has 26 heavy (non-hydrogen) atoms. The van der Waals surface area contributed by atoms with Gasteiger partial charge in [0.05, 0.1) is 23.9 Å². The van der Waals surface area contributed by atoms with Gasteiger partial charge >= 0.3 is 5.97 Å². The summed E-state index contributed by atoms with van der Waals surface area (Å²) >= 11 is 0. The molecule has 0 N–H and O–H groups in total. The minimum absolute atomic E-state index is 0.0393. The Balaban J connectivity index is 1.60. The lowest BCUT2D eigenvalue weighted by Gasteiger charge is -2.04. The number of esters is 1. The second kappa shape index (κ2) is 6.67. The molecule has 1 aromatic carbocycles.